The van der Waals surface area contributed by atoms with Crippen molar-refractivity contribution in [1.29, 1.82) is 0 Å². The largest absolute Gasteiger partial charge is 0.310 e. The van der Waals surface area contributed by atoms with E-state index in [1.807, 2.05) is 12.1 Å². The van der Waals surface area contributed by atoms with E-state index in [1.165, 1.54) is 5.56 Å². The van der Waals surface area contributed by atoms with Crippen molar-refractivity contribution in [2.45, 2.75) is 25.8 Å². The lowest BCUT2D eigenvalue weighted by Gasteiger charge is -2.17. The summed E-state index contributed by atoms with van der Waals surface area (Å²) in [5.41, 5.74) is 1.21. The molecule has 0 fully saturated rings. The first kappa shape index (κ1) is 13.8. The molecule has 0 saturated heterocycles. The SMILES string of the molecule is C#CCCC(NCC)c1ccc(I)c(Cl)c1. The van der Waals surface area contributed by atoms with E-state index in [9.17, 15) is 0 Å². The van der Waals surface area contributed by atoms with Gasteiger partial charge >= 0.3 is 0 Å². The second-order valence-electron chi connectivity index (χ2n) is 3.53. The van der Waals surface area contributed by atoms with Crippen LogP contribution in [-0.4, -0.2) is 6.54 Å². The number of halogens is 2. The highest BCUT2D eigenvalue weighted by atomic mass is 127. The third kappa shape index (κ3) is 3.97. The van der Waals surface area contributed by atoms with Crippen LogP contribution in [0.2, 0.25) is 5.02 Å². The Bertz CT molecular complexity index is 384. The molecule has 0 bridgehead atoms. The number of terminal acetylenes is 1. The molecule has 0 spiro atoms. The van der Waals surface area contributed by atoms with Crippen LogP contribution in [0.5, 0.6) is 0 Å². The minimum Gasteiger partial charge on any atom is -0.310 e. The maximum atomic E-state index is 6.12. The van der Waals surface area contributed by atoms with Crippen molar-refractivity contribution >= 4 is 34.2 Å². The second-order valence-corrected chi connectivity index (χ2v) is 5.10. The maximum absolute atomic E-state index is 6.12. The molecule has 0 aliphatic carbocycles. The van der Waals surface area contributed by atoms with E-state index in [2.05, 4.69) is 46.8 Å². The molecule has 0 aromatic heterocycles. The van der Waals surface area contributed by atoms with Crippen LogP contribution in [0.3, 0.4) is 0 Å². The van der Waals surface area contributed by atoms with E-state index < -0.39 is 0 Å². The molecule has 0 heterocycles. The van der Waals surface area contributed by atoms with Crippen molar-refractivity contribution in [3.63, 3.8) is 0 Å². The van der Waals surface area contributed by atoms with Crippen molar-refractivity contribution in [3.8, 4) is 12.3 Å². The minimum atomic E-state index is 0.301. The van der Waals surface area contributed by atoms with Gasteiger partial charge in [0.25, 0.3) is 0 Å². The van der Waals surface area contributed by atoms with Gasteiger partial charge in [0.05, 0.1) is 5.02 Å². The fourth-order valence-corrected chi connectivity index (χ4v) is 2.11. The van der Waals surface area contributed by atoms with E-state index in [1.54, 1.807) is 0 Å². The summed E-state index contributed by atoms with van der Waals surface area (Å²) < 4.78 is 1.08. The molecule has 1 aromatic carbocycles. The maximum Gasteiger partial charge on any atom is 0.0542 e. The Kier molecular flexibility index (Phi) is 6.18. The first-order chi connectivity index (χ1) is 7.69. The van der Waals surface area contributed by atoms with Gasteiger partial charge in [-0.25, -0.2) is 0 Å². The normalized spacial score (nSPS) is 12.1. The zero-order chi connectivity index (χ0) is 12.0. The summed E-state index contributed by atoms with van der Waals surface area (Å²) in [4.78, 5) is 0. The molecule has 1 rings (SSSR count). The van der Waals surface area contributed by atoms with Crippen molar-refractivity contribution in [2.75, 3.05) is 6.54 Å². The molecule has 0 saturated carbocycles. The van der Waals surface area contributed by atoms with Crippen molar-refractivity contribution in [2.24, 2.45) is 0 Å². The Labute approximate surface area is 116 Å². The molecule has 3 heteroatoms. The summed E-state index contributed by atoms with van der Waals surface area (Å²) in [7, 11) is 0. The lowest BCUT2D eigenvalue weighted by atomic mass is 10.0. The van der Waals surface area contributed by atoms with Gasteiger partial charge in [0, 0.05) is 16.0 Å². The van der Waals surface area contributed by atoms with E-state index in [0.717, 1.165) is 28.0 Å². The molecule has 1 nitrogen and oxygen atoms in total. The van der Waals surface area contributed by atoms with Crippen molar-refractivity contribution in [3.05, 3.63) is 32.4 Å². The van der Waals surface area contributed by atoms with Gasteiger partial charge in [-0.1, -0.05) is 24.6 Å². The number of hydrogen-bond donors (Lipinski definition) is 1. The van der Waals surface area contributed by atoms with Crippen molar-refractivity contribution < 1.29 is 0 Å². The molecule has 86 valence electrons. The molecule has 1 unspecified atom stereocenters. The summed E-state index contributed by atoms with van der Waals surface area (Å²) in [5.74, 6) is 2.68. The van der Waals surface area contributed by atoms with E-state index >= 15 is 0 Å². The fourth-order valence-electron chi connectivity index (χ4n) is 1.59. The lowest BCUT2D eigenvalue weighted by molar-refractivity contribution is 0.522. The Morgan fingerprint density at radius 2 is 2.31 bits per heavy atom. The van der Waals surface area contributed by atoms with Crippen molar-refractivity contribution in [1.82, 2.24) is 5.32 Å². The van der Waals surface area contributed by atoms with Crippen LogP contribution in [0.25, 0.3) is 0 Å². The van der Waals surface area contributed by atoms with Gasteiger partial charge < -0.3 is 5.32 Å². The van der Waals surface area contributed by atoms with E-state index in [4.69, 9.17) is 18.0 Å². The molecule has 16 heavy (non-hydrogen) atoms. The summed E-state index contributed by atoms with van der Waals surface area (Å²) in [6.45, 7) is 3.02. The van der Waals surface area contributed by atoms with Crippen LogP contribution in [0.1, 0.15) is 31.4 Å². The first-order valence-electron chi connectivity index (χ1n) is 5.30. The number of rotatable bonds is 5. The van der Waals surface area contributed by atoms with Crippen LogP contribution in [0.15, 0.2) is 18.2 Å². The number of benzene rings is 1. The Morgan fingerprint density at radius 1 is 1.56 bits per heavy atom. The summed E-state index contributed by atoms with van der Waals surface area (Å²) in [6.07, 6.45) is 7.02. The Hall–Kier alpha value is -0.240. The number of nitrogens with one attached hydrogen (secondary N) is 1. The number of hydrogen-bond acceptors (Lipinski definition) is 1. The highest BCUT2D eigenvalue weighted by Gasteiger charge is 2.10. The predicted molar refractivity (Wildman–Crippen MR) is 78.7 cm³/mol. The van der Waals surface area contributed by atoms with Crippen LogP contribution in [-0.2, 0) is 0 Å². The van der Waals surface area contributed by atoms with Crippen LogP contribution in [0.4, 0.5) is 0 Å². The predicted octanol–water partition coefficient (Wildman–Crippen LogP) is 4.01. The van der Waals surface area contributed by atoms with Crippen LogP contribution >= 0.6 is 34.2 Å². The first-order valence-corrected chi connectivity index (χ1v) is 6.76. The van der Waals surface area contributed by atoms with Crippen LogP contribution in [0, 0.1) is 15.9 Å². The standard InChI is InChI=1S/C13H15ClIN/c1-3-5-6-13(16-4-2)10-7-8-12(15)11(14)9-10/h1,7-9,13,16H,4-6H2,2H3. The third-order valence-corrected chi connectivity index (χ3v) is 3.95. The molecule has 1 atom stereocenters. The Morgan fingerprint density at radius 3 is 2.88 bits per heavy atom. The average molecular weight is 348 g/mol. The third-order valence-electron chi connectivity index (χ3n) is 2.37. The molecule has 1 aromatic rings. The summed E-state index contributed by atoms with van der Waals surface area (Å²) >= 11 is 8.35. The van der Waals surface area contributed by atoms with Gasteiger partial charge in [-0.15, -0.1) is 12.3 Å². The highest BCUT2D eigenvalue weighted by Crippen LogP contribution is 2.25. The molecule has 1 N–H and O–H groups in total. The highest BCUT2D eigenvalue weighted by molar-refractivity contribution is 14.1. The quantitative estimate of drug-likeness (QED) is 0.627. The Balaban J connectivity index is 2.83. The topological polar surface area (TPSA) is 12.0 Å². The van der Waals surface area contributed by atoms with Gasteiger partial charge in [0.15, 0.2) is 0 Å². The van der Waals surface area contributed by atoms with Gasteiger partial charge in [0.2, 0.25) is 0 Å². The summed E-state index contributed by atoms with van der Waals surface area (Å²) in [6, 6.07) is 6.47. The van der Waals surface area contributed by atoms with Gasteiger partial charge in [-0.05, 0) is 53.3 Å². The second kappa shape index (κ2) is 7.16. The molecule has 0 radical (unpaired) electrons. The minimum absolute atomic E-state index is 0.301. The van der Waals surface area contributed by atoms with Gasteiger partial charge in [-0.2, -0.15) is 0 Å². The monoisotopic (exact) mass is 347 g/mol. The molecule has 0 aliphatic rings. The summed E-state index contributed by atoms with van der Waals surface area (Å²) in [5, 5.41) is 4.23. The van der Waals surface area contributed by atoms with Crippen LogP contribution < -0.4 is 5.32 Å². The molecule has 0 aliphatic heterocycles. The van der Waals surface area contributed by atoms with E-state index in [0.29, 0.717) is 6.04 Å². The molecular weight excluding hydrogens is 333 g/mol. The zero-order valence-electron chi connectivity index (χ0n) is 9.26. The fraction of sp³-hybridized carbons (Fsp3) is 0.385. The average Bonchev–Trinajstić information content (AvgIpc) is 2.28. The lowest BCUT2D eigenvalue weighted by Crippen LogP contribution is -2.20. The molecular formula is C13H15ClIN. The van der Waals surface area contributed by atoms with Gasteiger partial charge in [-0.3, -0.25) is 0 Å². The smallest absolute Gasteiger partial charge is 0.0542 e. The molecule has 0 amide bonds. The van der Waals surface area contributed by atoms with Gasteiger partial charge in [0.1, 0.15) is 0 Å². The zero-order valence-corrected chi connectivity index (χ0v) is 12.2. The van der Waals surface area contributed by atoms with E-state index in [-0.39, 0.29) is 0 Å².